The van der Waals surface area contributed by atoms with Crippen LogP contribution in [0.2, 0.25) is 0 Å². The van der Waals surface area contributed by atoms with Gasteiger partial charge >= 0.3 is 6.18 Å². The monoisotopic (exact) mass is 353 g/mol. The molecule has 1 saturated carbocycles. The quantitative estimate of drug-likeness (QED) is 0.914. The summed E-state index contributed by atoms with van der Waals surface area (Å²) < 4.78 is 44.2. The molecule has 2 aliphatic rings. The molecule has 25 heavy (non-hydrogen) atoms. The molecule has 0 bridgehead atoms. The van der Waals surface area contributed by atoms with Crippen molar-refractivity contribution >= 4 is 0 Å². The van der Waals surface area contributed by atoms with Crippen molar-refractivity contribution in [2.24, 2.45) is 0 Å². The number of hydrogen-bond acceptors (Lipinski definition) is 5. The Balaban J connectivity index is 1.54. The van der Waals surface area contributed by atoms with E-state index < -0.39 is 17.8 Å². The molecule has 1 aliphatic heterocycles. The van der Waals surface area contributed by atoms with E-state index in [1.807, 2.05) is 4.90 Å². The average molecular weight is 353 g/mol. The summed E-state index contributed by atoms with van der Waals surface area (Å²) in [5.74, 6) is 1.51. The Morgan fingerprint density at radius 3 is 2.80 bits per heavy atom. The van der Waals surface area contributed by atoms with Crippen LogP contribution in [-0.4, -0.2) is 32.8 Å². The highest BCUT2D eigenvalue weighted by atomic mass is 19.4. The molecule has 1 aromatic carbocycles. The number of benzene rings is 1. The third-order valence-electron chi connectivity index (χ3n) is 4.74. The lowest BCUT2D eigenvalue weighted by atomic mass is 10.0. The standard InChI is InChI=1S/C17H18F3N3O2/c18-17(19,20)12-3-1-2-11(6-12)14-7-13(24)8-23(14)9-15-21-16(22-25-15)10-4-5-10/h1-3,6,10,13-14,24H,4-5,7-9H2/t13-,14-/m1/s1. The molecule has 0 unspecified atom stereocenters. The van der Waals surface area contributed by atoms with Gasteiger partial charge in [0.25, 0.3) is 0 Å². The third-order valence-corrected chi connectivity index (χ3v) is 4.74. The average Bonchev–Trinajstić information content (AvgIpc) is 3.20. The van der Waals surface area contributed by atoms with E-state index in [2.05, 4.69) is 10.1 Å². The molecule has 1 saturated heterocycles. The summed E-state index contributed by atoms with van der Waals surface area (Å²) in [5, 5.41) is 14.0. The first-order valence-corrected chi connectivity index (χ1v) is 8.32. The number of aromatic nitrogens is 2. The van der Waals surface area contributed by atoms with Crippen LogP contribution in [0.1, 0.15) is 54.1 Å². The number of rotatable bonds is 4. The van der Waals surface area contributed by atoms with E-state index in [-0.39, 0.29) is 6.04 Å². The van der Waals surface area contributed by atoms with Crippen LogP contribution in [0.25, 0.3) is 0 Å². The van der Waals surface area contributed by atoms with Crippen LogP contribution in [0.15, 0.2) is 28.8 Å². The van der Waals surface area contributed by atoms with Crippen molar-refractivity contribution < 1.29 is 22.8 Å². The molecule has 2 heterocycles. The Morgan fingerprint density at radius 1 is 1.28 bits per heavy atom. The smallest absolute Gasteiger partial charge is 0.392 e. The maximum absolute atomic E-state index is 13.0. The predicted octanol–water partition coefficient (Wildman–Crippen LogP) is 3.27. The van der Waals surface area contributed by atoms with Crippen molar-refractivity contribution in [3.8, 4) is 0 Å². The summed E-state index contributed by atoms with van der Waals surface area (Å²) >= 11 is 0. The van der Waals surface area contributed by atoms with Gasteiger partial charge in [0, 0.05) is 18.5 Å². The highest BCUT2D eigenvalue weighted by Gasteiger charge is 2.36. The number of hydrogen-bond donors (Lipinski definition) is 1. The van der Waals surface area contributed by atoms with Crippen molar-refractivity contribution in [3.05, 3.63) is 47.1 Å². The minimum Gasteiger partial charge on any atom is -0.392 e. The van der Waals surface area contributed by atoms with Gasteiger partial charge in [-0.25, -0.2) is 0 Å². The zero-order valence-electron chi connectivity index (χ0n) is 13.4. The lowest BCUT2D eigenvalue weighted by molar-refractivity contribution is -0.137. The zero-order chi connectivity index (χ0) is 17.6. The van der Waals surface area contributed by atoms with Crippen LogP contribution in [0.5, 0.6) is 0 Å². The molecule has 5 nitrogen and oxygen atoms in total. The number of β-amino-alcohol motifs (C(OH)–C–C–N with tert-alkyl or cyclic N) is 1. The van der Waals surface area contributed by atoms with Crippen molar-refractivity contribution in [2.45, 2.75) is 50.0 Å². The van der Waals surface area contributed by atoms with Gasteiger partial charge in [-0.3, -0.25) is 4.90 Å². The van der Waals surface area contributed by atoms with Crippen molar-refractivity contribution in [1.29, 1.82) is 0 Å². The minimum atomic E-state index is -4.39. The Hall–Kier alpha value is -1.93. The Kier molecular flexibility index (Phi) is 4.04. The molecule has 1 aromatic heterocycles. The number of likely N-dealkylation sites (tertiary alicyclic amines) is 1. The highest BCUT2D eigenvalue weighted by molar-refractivity contribution is 5.29. The Labute approximate surface area is 142 Å². The summed E-state index contributed by atoms with van der Waals surface area (Å²) in [6, 6.07) is 4.96. The van der Waals surface area contributed by atoms with Gasteiger partial charge in [-0.2, -0.15) is 18.2 Å². The Bertz CT molecular complexity index is 758. The van der Waals surface area contributed by atoms with Crippen LogP contribution in [0, 0.1) is 0 Å². The molecule has 4 rings (SSSR count). The largest absolute Gasteiger partial charge is 0.416 e. The van der Waals surface area contributed by atoms with Gasteiger partial charge in [0.05, 0.1) is 18.2 Å². The molecule has 0 radical (unpaired) electrons. The topological polar surface area (TPSA) is 62.4 Å². The van der Waals surface area contributed by atoms with E-state index in [1.54, 1.807) is 6.07 Å². The third kappa shape index (κ3) is 3.55. The second-order valence-corrected chi connectivity index (χ2v) is 6.78. The summed E-state index contributed by atoms with van der Waals surface area (Å²) in [4.78, 5) is 6.26. The number of aliphatic hydroxyl groups is 1. The maximum Gasteiger partial charge on any atom is 0.416 e. The first kappa shape index (κ1) is 16.5. The van der Waals surface area contributed by atoms with E-state index in [9.17, 15) is 18.3 Å². The van der Waals surface area contributed by atoms with E-state index in [0.29, 0.717) is 42.7 Å². The molecular formula is C17H18F3N3O2. The molecule has 2 atom stereocenters. The number of halogens is 3. The van der Waals surface area contributed by atoms with Gasteiger partial charge in [-0.15, -0.1) is 0 Å². The summed E-state index contributed by atoms with van der Waals surface area (Å²) in [6.07, 6.45) is -2.47. The first-order chi connectivity index (χ1) is 11.9. The predicted molar refractivity (Wildman–Crippen MR) is 81.5 cm³/mol. The molecule has 0 amide bonds. The normalized spacial score (nSPS) is 24.8. The van der Waals surface area contributed by atoms with E-state index >= 15 is 0 Å². The van der Waals surface area contributed by atoms with E-state index in [1.165, 1.54) is 6.07 Å². The first-order valence-electron chi connectivity index (χ1n) is 8.32. The summed E-state index contributed by atoms with van der Waals surface area (Å²) in [7, 11) is 0. The fourth-order valence-electron chi connectivity index (χ4n) is 3.34. The van der Waals surface area contributed by atoms with Gasteiger partial charge in [-0.1, -0.05) is 17.3 Å². The number of alkyl halides is 3. The fraction of sp³-hybridized carbons (Fsp3) is 0.529. The molecule has 1 aliphatic carbocycles. The van der Waals surface area contributed by atoms with Crippen molar-refractivity contribution in [2.75, 3.05) is 6.54 Å². The summed E-state index contributed by atoms with van der Waals surface area (Å²) in [5.41, 5.74) is -0.145. The zero-order valence-corrected chi connectivity index (χ0v) is 13.4. The van der Waals surface area contributed by atoms with Crippen LogP contribution in [-0.2, 0) is 12.7 Å². The van der Waals surface area contributed by atoms with Crippen molar-refractivity contribution in [3.63, 3.8) is 0 Å². The molecule has 2 fully saturated rings. The van der Waals surface area contributed by atoms with Gasteiger partial charge in [0.2, 0.25) is 5.89 Å². The highest BCUT2D eigenvalue weighted by Crippen LogP contribution is 2.39. The summed E-state index contributed by atoms with van der Waals surface area (Å²) in [6.45, 7) is 0.680. The fourth-order valence-corrected chi connectivity index (χ4v) is 3.34. The SMILES string of the molecule is O[C@@H]1C[C@H](c2cccc(C(F)(F)F)c2)N(Cc2nc(C3CC3)no2)C1. The molecule has 8 heteroatoms. The van der Waals surface area contributed by atoms with Crippen LogP contribution in [0.3, 0.4) is 0 Å². The lowest BCUT2D eigenvalue weighted by Crippen LogP contribution is -2.24. The van der Waals surface area contributed by atoms with Gasteiger partial charge in [0.1, 0.15) is 0 Å². The van der Waals surface area contributed by atoms with Crippen LogP contribution < -0.4 is 0 Å². The van der Waals surface area contributed by atoms with Gasteiger partial charge < -0.3 is 9.63 Å². The van der Waals surface area contributed by atoms with Crippen LogP contribution >= 0.6 is 0 Å². The second kappa shape index (κ2) is 6.10. The van der Waals surface area contributed by atoms with Crippen LogP contribution in [0.4, 0.5) is 13.2 Å². The Morgan fingerprint density at radius 2 is 2.08 bits per heavy atom. The van der Waals surface area contributed by atoms with E-state index in [0.717, 1.165) is 25.0 Å². The molecular weight excluding hydrogens is 335 g/mol. The van der Waals surface area contributed by atoms with E-state index in [4.69, 9.17) is 4.52 Å². The maximum atomic E-state index is 13.0. The molecule has 2 aromatic rings. The molecule has 0 spiro atoms. The minimum absolute atomic E-state index is 0.312. The lowest BCUT2D eigenvalue weighted by Gasteiger charge is -2.23. The number of nitrogens with zero attached hydrogens (tertiary/aromatic N) is 3. The van der Waals surface area contributed by atoms with Gasteiger partial charge in [-0.05, 0) is 37.0 Å². The molecule has 134 valence electrons. The van der Waals surface area contributed by atoms with Crippen molar-refractivity contribution in [1.82, 2.24) is 15.0 Å². The molecule has 1 N–H and O–H groups in total. The van der Waals surface area contributed by atoms with Gasteiger partial charge in [0.15, 0.2) is 5.82 Å². The number of aliphatic hydroxyl groups excluding tert-OH is 1. The second-order valence-electron chi connectivity index (χ2n) is 6.78.